The first-order valence-corrected chi connectivity index (χ1v) is 10.8. The van der Waals surface area contributed by atoms with Crippen LogP contribution < -0.4 is 0 Å². The molecule has 0 radical (unpaired) electrons. The molecule has 146 valence electrons. The minimum Gasteiger partial charge on any atom is -0.258 e. The van der Waals surface area contributed by atoms with Crippen LogP contribution in [0.1, 0.15) is 31.9 Å². The summed E-state index contributed by atoms with van der Waals surface area (Å²) in [5.74, 6) is 0.552. The van der Waals surface area contributed by atoms with Crippen molar-refractivity contribution >= 4 is 17.1 Å². The maximum absolute atomic E-state index is 2.52. The van der Waals surface area contributed by atoms with Gasteiger partial charge in [0, 0.05) is 11.5 Å². The SMILES string of the molecule is C[C@H](C1=CC=CC2CC=CC=C12)N1C=[N+]([C@H](C)c2cccc3ccccc23)CC1. The summed E-state index contributed by atoms with van der Waals surface area (Å²) in [6.45, 7) is 6.83. The van der Waals surface area contributed by atoms with Gasteiger partial charge in [-0.2, -0.15) is 0 Å². The van der Waals surface area contributed by atoms with Crippen molar-refractivity contribution in [2.24, 2.45) is 5.92 Å². The van der Waals surface area contributed by atoms with Crippen LogP contribution in [-0.2, 0) is 0 Å². The van der Waals surface area contributed by atoms with Gasteiger partial charge in [-0.05, 0) is 42.2 Å². The first-order valence-electron chi connectivity index (χ1n) is 10.8. The third-order valence-electron chi connectivity index (χ3n) is 6.79. The number of nitrogens with zero attached hydrogens (tertiary/aromatic N) is 2. The van der Waals surface area contributed by atoms with E-state index in [1.807, 2.05) is 0 Å². The topological polar surface area (TPSA) is 6.25 Å². The van der Waals surface area contributed by atoms with Crippen molar-refractivity contribution in [3.05, 3.63) is 95.6 Å². The van der Waals surface area contributed by atoms with Gasteiger partial charge in [0.25, 0.3) is 0 Å². The molecule has 0 spiro atoms. The van der Waals surface area contributed by atoms with Crippen LogP contribution in [0.4, 0.5) is 0 Å². The molecule has 0 bridgehead atoms. The molecule has 0 fully saturated rings. The molecule has 0 saturated heterocycles. The number of hydrogen-bond donors (Lipinski definition) is 0. The Balaban J connectivity index is 1.41. The maximum Gasteiger partial charge on any atom is 0.235 e. The molecule has 2 aromatic carbocycles. The second-order valence-corrected chi connectivity index (χ2v) is 8.41. The van der Waals surface area contributed by atoms with Crippen molar-refractivity contribution in [2.45, 2.75) is 32.4 Å². The number of benzene rings is 2. The highest BCUT2D eigenvalue weighted by molar-refractivity contribution is 5.86. The first kappa shape index (κ1) is 18.2. The third kappa shape index (κ3) is 3.27. The largest absolute Gasteiger partial charge is 0.258 e. The van der Waals surface area contributed by atoms with E-state index in [2.05, 4.69) is 109 Å². The van der Waals surface area contributed by atoms with E-state index >= 15 is 0 Å². The predicted octanol–water partition coefficient (Wildman–Crippen LogP) is 5.64. The lowest BCUT2D eigenvalue weighted by molar-refractivity contribution is -0.555. The van der Waals surface area contributed by atoms with Crippen molar-refractivity contribution in [1.29, 1.82) is 0 Å². The summed E-state index contributed by atoms with van der Waals surface area (Å²) in [4.78, 5) is 2.52. The zero-order valence-electron chi connectivity index (χ0n) is 17.3. The van der Waals surface area contributed by atoms with Crippen molar-refractivity contribution in [3.63, 3.8) is 0 Å². The molecule has 3 atom stereocenters. The summed E-state index contributed by atoms with van der Waals surface area (Å²) >= 11 is 0. The molecular weight excluding hydrogens is 352 g/mol. The Kier molecular flexibility index (Phi) is 4.71. The smallest absolute Gasteiger partial charge is 0.235 e. The summed E-state index contributed by atoms with van der Waals surface area (Å²) in [5.41, 5.74) is 4.38. The quantitative estimate of drug-likeness (QED) is 0.621. The molecule has 0 saturated carbocycles. The predicted molar refractivity (Wildman–Crippen MR) is 122 cm³/mol. The zero-order valence-corrected chi connectivity index (χ0v) is 17.3. The number of rotatable bonds is 4. The Labute approximate surface area is 173 Å². The molecule has 0 N–H and O–H groups in total. The van der Waals surface area contributed by atoms with Gasteiger partial charge in [-0.15, -0.1) is 0 Å². The minimum atomic E-state index is 0.364. The summed E-state index contributed by atoms with van der Waals surface area (Å²) in [5, 5.41) is 2.69. The third-order valence-corrected chi connectivity index (χ3v) is 6.79. The molecule has 1 unspecified atom stereocenters. The number of fused-ring (bicyclic) bond motifs is 2. The molecular formula is C27H29N2+. The minimum absolute atomic E-state index is 0.364. The highest BCUT2D eigenvalue weighted by atomic mass is 15.3. The first-order chi connectivity index (χ1) is 14.2. The Morgan fingerprint density at radius 3 is 2.79 bits per heavy atom. The lowest BCUT2D eigenvalue weighted by Crippen LogP contribution is -2.34. The van der Waals surface area contributed by atoms with Gasteiger partial charge in [0.2, 0.25) is 6.34 Å². The van der Waals surface area contributed by atoms with Gasteiger partial charge in [0.15, 0.2) is 0 Å². The summed E-state index contributed by atoms with van der Waals surface area (Å²) in [6.07, 6.45) is 17.2. The van der Waals surface area contributed by atoms with Gasteiger partial charge in [-0.25, -0.2) is 0 Å². The number of allylic oxidation sites excluding steroid dienone is 6. The Hall–Kier alpha value is -2.87. The molecule has 2 aromatic rings. The standard InChI is InChI=1S/C27H29N2/c1-20(24-15-7-11-22-9-3-5-13-26(22)24)28-17-18-29(19-28)21(2)25-16-8-12-23-10-4-6-14-27(23)25/h3-9,11-16,19-21,23H,10,17-18H2,1-2H3/q+1/t20-,21-,23?/m1/s1. The molecule has 1 aliphatic heterocycles. The van der Waals surface area contributed by atoms with Crippen molar-refractivity contribution < 1.29 is 4.58 Å². The molecule has 1 heterocycles. The Morgan fingerprint density at radius 1 is 1.00 bits per heavy atom. The lowest BCUT2D eigenvalue weighted by Gasteiger charge is -2.28. The fourth-order valence-electron chi connectivity index (χ4n) is 5.01. The fraction of sp³-hybridized carbons (Fsp3) is 0.296. The van der Waals surface area contributed by atoms with E-state index in [0.29, 0.717) is 18.0 Å². The summed E-state index contributed by atoms with van der Waals surface area (Å²) < 4.78 is 2.50. The van der Waals surface area contributed by atoms with Crippen LogP contribution in [0.15, 0.2) is 90.1 Å². The normalized spacial score (nSPS) is 22.8. The van der Waals surface area contributed by atoms with Crippen LogP contribution in [0.3, 0.4) is 0 Å². The van der Waals surface area contributed by atoms with Gasteiger partial charge >= 0.3 is 0 Å². The molecule has 2 aliphatic carbocycles. The second kappa shape index (κ2) is 7.51. The van der Waals surface area contributed by atoms with E-state index in [1.165, 1.54) is 27.5 Å². The molecule has 0 aromatic heterocycles. The van der Waals surface area contributed by atoms with Gasteiger partial charge in [0.1, 0.15) is 25.2 Å². The van der Waals surface area contributed by atoms with Crippen molar-refractivity contribution in [1.82, 2.24) is 4.90 Å². The lowest BCUT2D eigenvalue weighted by atomic mass is 9.80. The number of hydrogen-bond acceptors (Lipinski definition) is 1. The Bertz CT molecular complexity index is 1080. The van der Waals surface area contributed by atoms with E-state index in [1.54, 1.807) is 0 Å². The molecule has 5 rings (SSSR count). The van der Waals surface area contributed by atoms with E-state index in [0.717, 1.165) is 19.5 Å². The van der Waals surface area contributed by atoms with Crippen LogP contribution in [-0.4, -0.2) is 34.9 Å². The van der Waals surface area contributed by atoms with Crippen LogP contribution >= 0.6 is 0 Å². The van der Waals surface area contributed by atoms with Gasteiger partial charge < -0.3 is 0 Å². The highest BCUT2D eigenvalue weighted by Crippen LogP contribution is 2.35. The van der Waals surface area contributed by atoms with Crippen LogP contribution in [0, 0.1) is 5.92 Å². The molecule has 0 amide bonds. The van der Waals surface area contributed by atoms with Gasteiger partial charge in [-0.3, -0.25) is 9.48 Å². The average molecular weight is 382 g/mol. The molecule has 2 heteroatoms. The van der Waals surface area contributed by atoms with Crippen LogP contribution in [0.25, 0.3) is 10.8 Å². The molecule has 3 aliphatic rings. The van der Waals surface area contributed by atoms with Gasteiger partial charge in [0.05, 0.1) is 0 Å². The van der Waals surface area contributed by atoms with Gasteiger partial charge in [-0.1, -0.05) is 78.9 Å². The van der Waals surface area contributed by atoms with E-state index in [4.69, 9.17) is 0 Å². The van der Waals surface area contributed by atoms with E-state index in [-0.39, 0.29) is 0 Å². The van der Waals surface area contributed by atoms with Crippen LogP contribution in [0.2, 0.25) is 0 Å². The average Bonchev–Trinajstić information content (AvgIpc) is 3.28. The maximum atomic E-state index is 2.52. The van der Waals surface area contributed by atoms with Crippen LogP contribution in [0.5, 0.6) is 0 Å². The van der Waals surface area contributed by atoms with Crippen molar-refractivity contribution in [2.75, 3.05) is 13.1 Å². The summed E-state index contributed by atoms with van der Waals surface area (Å²) in [6, 6.07) is 16.2. The summed E-state index contributed by atoms with van der Waals surface area (Å²) in [7, 11) is 0. The molecule has 2 nitrogen and oxygen atoms in total. The monoisotopic (exact) mass is 381 g/mol. The Morgan fingerprint density at radius 2 is 1.86 bits per heavy atom. The molecule has 29 heavy (non-hydrogen) atoms. The van der Waals surface area contributed by atoms with Crippen molar-refractivity contribution in [3.8, 4) is 0 Å². The zero-order chi connectivity index (χ0) is 19.8. The fourth-order valence-corrected chi connectivity index (χ4v) is 5.01. The van der Waals surface area contributed by atoms with E-state index in [9.17, 15) is 0 Å². The highest BCUT2D eigenvalue weighted by Gasteiger charge is 2.33. The van der Waals surface area contributed by atoms with E-state index < -0.39 is 0 Å². The second-order valence-electron chi connectivity index (χ2n) is 8.41.